The van der Waals surface area contributed by atoms with Gasteiger partial charge in [0.1, 0.15) is 0 Å². The Hall–Kier alpha value is -0.220. The lowest BCUT2D eigenvalue weighted by Crippen LogP contribution is -2.48. The molecule has 20 heavy (non-hydrogen) atoms. The third-order valence-corrected chi connectivity index (χ3v) is 5.75. The molecule has 4 heteroatoms. The van der Waals surface area contributed by atoms with Crippen molar-refractivity contribution in [3.63, 3.8) is 0 Å². The van der Waals surface area contributed by atoms with Gasteiger partial charge < -0.3 is 10.1 Å². The molecule has 0 aromatic rings. The van der Waals surface area contributed by atoms with Gasteiger partial charge in [-0.15, -0.1) is 0 Å². The molecule has 1 fully saturated rings. The third kappa shape index (κ3) is 3.91. The number of ether oxygens (including phenoxy) is 1. The molecule has 0 aliphatic carbocycles. The molecular weight excluding hydrogens is 268 g/mol. The number of aliphatic imine (C=N–C) groups is 1. The van der Waals surface area contributed by atoms with E-state index in [1.807, 2.05) is 11.8 Å². The summed E-state index contributed by atoms with van der Waals surface area (Å²) in [7, 11) is 0. The average Bonchev–Trinajstić information content (AvgIpc) is 2.47. The summed E-state index contributed by atoms with van der Waals surface area (Å²) in [4.78, 5) is 4.90. The fourth-order valence-corrected chi connectivity index (χ4v) is 4.17. The van der Waals surface area contributed by atoms with E-state index >= 15 is 0 Å². The molecule has 1 saturated heterocycles. The van der Waals surface area contributed by atoms with Crippen molar-refractivity contribution in [3.05, 3.63) is 0 Å². The number of amidine groups is 1. The van der Waals surface area contributed by atoms with Gasteiger partial charge in [-0.25, -0.2) is 0 Å². The fourth-order valence-electron chi connectivity index (χ4n) is 3.16. The highest BCUT2D eigenvalue weighted by molar-refractivity contribution is 8.13. The van der Waals surface area contributed by atoms with Gasteiger partial charge in [-0.05, 0) is 38.0 Å². The Kier molecular flexibility index (Phi) is 5.79. The minimum atomic E-state index is 0.0905. The van der Waals surface area contributed by atoms with E-state index in [1.54, 1.807) is 0 Å². The first-order chi connectivity index (χ1) is 9.58. The van der Waals surface area contributed by atoms with Crippen LogP contribution in [0.15, 0.2) is 4.99 Å². The molecule has 2 aliphatic rings. The maximum atomic E-state index is 6.06. The Labute approximate surface area is 128 Å². The normalized spacial score (nSPS) is 30.1. The van der Waals surface area contributed by atoms with Crippen LogP contribution in [0.1, 0.15) is 59.8 Å². The highest BCUT2D eigenvalue weighted by atomic mass is 32.2. The Morgan fingerprint density at radius 3 is 2.75 bits per heavy atom. The highest BCUT2D eigenvalue weighted by Gasteiger charge is 2.35. The van der Waals surface area contributed by atoms with Gasteiger partial charge in [0.05, 0.1) is 11.6 Å². The van der Waals surface area contributed by atoms with Crippen LogP contribution in [0.2, 0.25) is 0 Å². The van der Waals surface area contributed by atoms with Gasteiger partial charge in [-0.2, -0.15) is 0 Å². The maximum Gasteiger partial charge on any atom is 0.157 e. The maximum absolute atomic E-state index is 6.06. The van der Waals surface area contributed by atoms with Crippen LogP contribution in [-0.2, 0) is 4.74 Å². The van der Waals surface area contributed by atoms with Crippen molar-refractivity contribution in [1.29, 1.82) is 0 Å². The summed E-state index contributed by atoms with van der Waals surface area (Å²) < 4.78 is 6.06. The molecule has 0 aromatic carbocycles. The van der Waals surface area contributed by atoms with Crippen LogP contribution in [0.3, 0.4) is 0 Å². The molecule has 2 atom stereocenters. The molecule has 0 aromatic heterocycles. The van der Waals surface area contributed by atoms with E-state index in [2.05, 4.69) is 33.0 Å². The first kappa shape index (κ1) is 16.2. The smallest absolute Gasteiger partial charge is 0.157 e. The molecule has 2 aliphatic heterocycles. The van der Waals surface area contributed by atoms with Crippen molar-refractivity contribution in [2.45, 2.75) is 77.5 Å². The van der Waals surface area contributed by atoms with Crippen molar-refractivity contribution < 1.29 is 4.74 Å². The topological polar surface area (TPSA) is 33.6 Å². The Bertz CT molecular complexity index is 339. The molecule has 0 radical (unpaired) electrons. The number of nitrogens with zero attached hydrogens (tertiary/aromatic N) is 1. The predicted molar refractivity (Wildman–Crippen MR) is 88.6 cm³/mol. The minimum absolute atomic E-state index is 0.0905. The number of nitrogens with one attached hydrogen (secondary N) is 1. The Morgan fingerprint density at radius 2 is 2.10 bits per heavy atom. The van der Waals surface area contributed by atoms with Gasteiger partial charge in [0.15, 0.2) is 5.17 Å². The van der Waals surface area contributed by atoms with E-state index in [9.17, 15) is 0 Å². The lowest BCUT2D eigenvalue weighted by atomic mass is 9.86. The summed E-state index contributed by atoms with van der Waals surface area (Å²) in [5.41, 5.74) is 0.0905. The molecule has 0 spiro atoms. The van der Waals surface area contributed by atoms with E-state index in [1.165, 1.54) is 17.3 Å². The zero-order valence-corrected chi connectivity index (χ0v) is 14.3. The molecule has 116 valence electrons. The van der Waals surface area contributed by atoms with Gasteiger partial charge in [-0.3, -0.25) is 4.99 Å². The summed E-state index contributed by atoms with van der Waals surface area (Å²) in [5.74, 6) is 1.85. The van der Waals surface area contributed by atoms with Crippen molar-refractivity contribution in [3.8, 4) is 0 Å². The molecular formula is C16H30N2OS. The first-order valence-corrected chi connectivity index (χ1v) is 9.18. The van der Waals surface area contributed by atoms with Gasteiger partial charge in [-0.1, -0.05) is 39.5 Å². The Balaban J connectivity index is 1.95. The summed E-state index contributed by atoms with van der Waals surface area (Å²) in [5, 5.41) is 4.87. The highest BCUT2D eigenvalue weighted by Crippen LogP contribution is 2.32. The quantitative estimate of drug-likeness (QED) is 0.856. The van der Waals surface area contributed by atoms with Gasteiger partial charge in [0.25, 0.3) is 0 Å². The zero-order valence-electron chi connectivity index (χ0n) is 13.4. The van der Waals surface area contributed by atoms with Crippen molar-refractivity contribution in [2.24, 2.45) is 10.9 Å². The molecule has 0 saturated carbocycles. The number of thioether (sulfide) groups is 1. The minimum Gasteiger partial charge on any atom is -0.375 e. The van der Waals surface area contributed by atoms with Crippen LogP contribution in [0.4, 0.5) is 0 Å². The molecule has 0 bridgehead atoms. The third-order valence-electron chi connectivity index (χ3n) is 4.81. The van der Waals surface area contributed by atoms with Crippen LogP contribution >= 0.6 is 11.8 Å². The number of rotatable bonds is 4. The lowest BCUT2D eigenvalue weighted by molar-refractivity contribution is -0.0909. The number of hydrogen-bond donors (Lipinski definition) is 1. The predicted octanol–water partition coefficient (Wildman–Crippen LogP) is 3.83. The largest absolute Gasteiger partial charge is 0.375 e. The van der Waals surface area contributed by atoms with Gasteiger partial charge >= 0.3 is 0 Å². The van der Waals surface area contributed by atoms with Crippen LogP contribution in [0.25, 0.3) is 0 Å². The standard InChI is InChI=1S/C16H30N2OS/c1-5-16(6-2)11-13(7-9-19-16)17-15-18-14(12(3)4)8-10-20-15/h12-14H,5-11H2,1-4H3,(H,17,18). The van der Waals surface area contributed by atoms with Crippen LogP contribution in [-0.4, -0.2) is 35.2 Å². The molecule has 3 nitrogen and oxygen atoms in total. The van der Waals surface area contributed by atoms with E-state index in [0.717, 1.165) is 32.3 Å². The summed E-state index contributed by atoms with van der Waals surface area (Å²) >= 11 is 1.89. The van der Waals surface area contributed by atoms with Crippen molar-refractivity contribution >= 4 is 16.9 Å². The van der Waals surface area contributed by atoms with Crippen LogP contribution < -0.4 is 5.32 Å². The summed E-state index contributed by atoms with van der Waals surface area (Å²) in [6.07, 6.45) is 5.65. The van der Waals surface area contributed by atoms with Crippen LogP contribution in [0.5, 0.6) is 0 Å². The fraction of sp³-hybridized carbons (Fsp3) is 0.938. The summed E-state index contributed by atoms with van der Waals surface area (Å²) in [6.45, 7) is 9.91. The Morgan fingerprint density at radius 1 is 1.35 bits per heavy atom. The molecule has 2 unspecified atom stereocenters. The molecule has 0 amide bonds. The van der Waals surface area contributed by atoms with Gasteiger partial charge in [0.2, 0.25) is 0 Å². The average molecular weight is 298 g/mol. The van der Waals surface area contributed by atoms with Crippen LogP contribution in [0, 0.1) is 5.92 Å². The second kappa shape index (κ2) is 7.17. The molecule has 2 rings (SSSR count). The van der Waals surface area contributed by atoms with Crippen molar-refractivity contribution in [2.75, 3.05) is 12.4 Å². The lowest BCUT2D eigenvalue weighted by Gasteiger charge is -2.41. The number of hydrogen-bond acceptors (Lipinski definition) is 4. The monoisotopic (exact) mass is 298 g/mol. The second-order valence-electron chi connectivity index (χ2n) is 6.46. The summed E-state index contributed by atoms with van der Waals surface area (Å²) in [6, 6.07) is 1.03. The van der Waals surface area contributed by atoms with E-state index < -0.39 is 0 Å². The second-order valence-corrected chi connectivity index (χ2v) is 7.54. The SMILES string of the molecule is CCC1(CC)CC(NC2=NC(C(C)C)CCS2)CCO1. The van der Waals surface area contributed by atoms with E-state index in [0.29, 0.717) is 18.0 Å². The molecule has 1 N–H and O–H groups in total. The first-order valence-electron chi connectivity index (χ1n) is 8.19. The van der Waals surface area contributed by atoms with E-state index in [4.69, 9.17) is 9.73 Å². The van der Waals surface area contributed by atoms with Crippen molar-refractivity contribution in [1.82, 2.24) is 5.32 Å². The molecule has 2 heterocycles. The van der Waals surface area contributed by atoms with E-state index in [-0.39, 0.29) is 5.60 Å². The van der Waals surface area contributed by atoms with Gasteiger partial charge in [0, 0.05) is 18.4 Å². The zero-order chi connectivity index (χ0) is 14.6.